The third kappa shape index (κ3) is 3.40. The molecule has 0 saturated carbocycles. The van der Waals surface area contributed by atoms with Crippen molar-refractivity contribution >= 4 is 17.3 Å². The Balaban J connectivity index is 2.07. The zero-order chi connectivity index (χ0) is 13.0. The molecule has 0 amide bonds. The molecule has 1 heterocycles. The summed E-state index contributed by atoms with van der Waals surface area (Å²) in [6, 6.07) is 9.72. The van der Waals surface area contributed by atoms with E-state index in [1.807, 2.05) is 42.6 Å². The maximum absolute atomic E-state index is 11.3. The van der Waals surface area contributed by atoms with E-state index in [1.54, 1.807) is 0 Å². The molecule has 0 radical (unpaired) electrons. The number of nitrogens with zero attached hydrogens (tertiary/aromatic N) is 1. The van der Waals surface area contributed by atoms with Crippen LogP contribution in [0.2, 0.25) is 0 Å². The van der Waals surface area contributed by atoms with Crippen LogP contribution < -0.4 is 0 Å². The van der Waals surface area contributed by atoms with Crippen LogP contribution in [-0.2, 0) is 17.6 Å². The zero-order valence-electron chi connectivity index (χ0n) is 10.2. The molecule has 1 aromatic heterocycles. The number of thiazole rings is 1. The summed E-state index contributed by atoms with van der Waals surface area (Å²) in [5.41, 5.74) is 2.01. The van der Waals surface area contributed by atoms with Crippen LogP contribution in [0.4, 0.5) is 0 Å². The highest BCUT2D eigenvalue weighted by molar-refractivity contribution is 7.09. The molecule has 2 rings (SSSR count). The molecule has 2 aromatic rings. The number of carbonyl (C=O) groups is 1. The summed E-state index contributed by atoms with van der Waals surface area (Å²) in [7, 11) is 0. The topological polar surface area (TPSA) is 50.2 Å². The van der Waals surface area contributed by atoms with Gasteiger partial charge in [0.25, 0.3) is 0 Å². The van der Waals surface area contributed by atoms with Gasteiger partial charge in [-0.25, -0.2) is 4.98 Å². The van der Waals surface area contributed by atoms with Crippen LogP contribution in [0.15, 0.2) is 35.7 Å². The Morgan fingerprint density at radius 1 is 1.33 bits per heavy atom. The summed E-state index contributed by atoms with van der Waals surface area (Å²) in [5, 5.41) is 12.1. The molecule has 94 valence electrons. The Bertz CT molecular complexity index is 522. The standard InChI is InChI=1S/C14H15NO2S/c1-10-9-18-13(15-10)8-12(14(16)17)7-11-5-3-2-4-6-11/h2-6,9,12H,7-8H2,1H3,(H,16,17). The maximum Gasteiger partial charge on any atom is 0.307 e. The Morgan fingerprint density at radius 3 is 2.61 bits per heavy atom. The Kier molecular flexibility index (Phi) is 4.10. The summed E-state index contributed by atoms with van der Waals surface area (Å²) in [4.78, 5) is 15.6. The van der Waals surface area contributed by atoms with E-state index in [9.17, 15) is 9.90 Å². The highest BCUT2D eigenvalue weighted by Crippen LogP contribution is 2.18. The van der Waals surface area contributed by atoms with E-state index in [4.69, 9.17) is 0 Å². The second kappa shape index (κ2) is 5.78. The van der Waals surface area contributed by atoms with E-state index in [-0.39, 0.29) is 0 Å². The van der Waals surface area contributed by atoms with Gasteiger partial charge in [0.05, 0.1) is 10.9 Å². The quantitative estimate of drug-likeness (QED) is 0.900. The van der Waals surface area contributed by atoms with Gasteiger partial charge < -0.3 is 5.11 Å². The average molecular weight is 261 g/mol. The predicted molar refractivity (Wildman–Crippen MR) is 71.8 cm³/mol. The highest BCUT2D eigenvalue weighted by atomic mass is 32.1. The smallest absolute Gasteiger partial charge is 0.307 e. The Hall–Kier alpha value is -1.68. The summed E-state index contributed by atoms with van der Waals surface area (Å²) in [6.07, 6.45) is 1.05. The first-order chi connectivity index (χ1) is 8.65. The minimum Gasteiger partial charge on any atom is -0.481 e. The normalized spacial score (nSPS) is 12.3. The maximum atomic E-state index is 11.3. The number of rotatable bonds is 5. The highest BCUT2D eigenvalue weighted by Gasteiger charge is 2.20. The molecule has 0 aliphatic carbocycles. The molecule has 1 unspecified atom stereocenters. The molecule has 0 bridgehead atoms. The van der Waals surface area contributed by atoms with Crippen molar-refractivity contribution in [3.8, 4) is 0 Å². The van der Waals surface area contributed by atoms with Crippen molar-refractivity contribution in [3.63, 3.8) is 0 Å². The number of hydrogen-bond acceptors (Lipinski definition) is 3. The fourth-order valence-electron chi connectivity index (χ4n) is 1.85. The molecule has 4 heteroatoms. The van der Waals surface area contributed by atoms with Crippen LogP contribution in [0.3, 0.4) is 0 Å². The van der Waals surface area contributed by atoms with E-state index in [0.29, 0.717) is 12.8 Å². The zero-order valence-corrected chi connectivity index (χ0v) is 11.0. The third-order valence-corrected chi connectivity index (χ3v) is 3.75. The van der Waals surface area contributed by atoms with Gasteiger partial charge in [0.2, 0.25) is 0 Å². The Labute approximate surface area is 110 Å². The monoisotopic (exact) mass is 261 g/mol. The van der Waals surface area contributed by atoms with Crippen molar-refractivity contribution in [2.24, 2.45) is 5.92 Å². The van der Waals surface area contributed by atoms with Gasteiger partial charge in [0.15, 0.2) is 0 Å². The van der Waals surface area contributed by atoms with E-state index in [0.717, 1.165) is 16.3 Å². The molecule has 1 N–H and O–H groups in total. The molecule has 0 aliphatic rings. The molecular formula is C14H15NO2S. The van der Waals surface area contributed by atoms with E-state index in [1.165, 1.54) is 11.3 Å². The first kappa shape index (κ1) is 12.8. The van der Waals surface area contributed by atoms with Gasteiger partial charge in [0, 0.05) is 17.5 Å². The Morgan fingerprint density at radius 2 is 2.06 bits per heavy atom. The van der Waals surface area contributed by atoms with Gasteiger partial charge in [-0.05, 0) is 18.9 Å². The van der Waals surface area contributed by atoms with Crippen molar-refractivity contribution < 1.29 is 9.90 Å². The van der Waals surface area contributed by atoms with Crippen LogP contribution >= 0.6 is 11.3 Å². The molecule has 18 heavy (non-hydrogen) atoms. The molecule has 1 aromatic carbocycles. The largest absolute Gasteiger partial charge is 0.481 e. The SMILES string of the molecule is Cc1csc(CC(Cc2ccccc2)C(=O)O)n1. The van der Waals surface area contributed by atoms with Crippen molar-refractivity contribution in [2.75, 3.05) is 0 Å². The number of carboxylic acids is 1. The number of aryl methyl sites for hydroxylation is 1. The lowest BCUT2D eigenvalue weighted by atomic mass is 9.96. The van der Waals surface area contributed by atoms with Crippen molar-refractivity contribution in [1.82, 2.24) is 4.98 Å². The second-order valence-electron chi connectivity index (χ2n) is 4.31. The number of aromatic nitrogens is 1. The predicted octanol–water partition coefficient (Wildman–Crippen LogP) is 2.94. The average Bonchev–Trinajstić information content (AvgIpc) is 2.75. The third-order valence-electron chi connectivity index (χ3n) is 2.76. The lowest BCUT2D eigenvalue weighted by molar-refractivity contribution is -0.141. The lowest BCUT2D eigenvalue weighted by Gasteiger charge is -2.10. The van der Waals surface area contributed by atoms with Crippen molar-refractivity contribution in [1.29, 1.82) is 0 Å². The van der Waals surface area contributed by atoms with Gasteiger partial charge in [-0.1, -0.05) is 30.3 Å². The summed E-state index contributed by atoms with van der Waals surface area (Å²) < 4.78 is 0. The second-order valence-corrected chi connectivity index (χ2v) is 5.25. The first-order valence-electron chi connectivity index (χ1n) is 5.83. The van der Waals surface area contributed by atoms with Crippen LogP contribution in [-0.4, -0.2) is 16.1 Å². The lowest BCUT2D eigenvalue weighted by Crippen LogP contribution is -2.19. The minimum absolute atomic E-state index is 0.405. The van der Waals surface area contributed by atoms with Crippen molar-refractivity contribution in [2.45, 2.75) is 19.8 Å². The molecule has 1 atom stereocenters. The van der Waals surface area contributed by atoms with E-state index >= 15 is 0 Å². The van der Waals surface area contributed by atoms with Crippen LogP contribution in [0.25, 0.3) is 0 Å². The van der Waals surface area contributed by atoms with Crippen LogP contribution in [0.5, 0.6) is 0 Å². The molecule has 0 saturated heterocycles. The van der Waals surface area contributed by atoms with E-state index < -0.39 is 11.9 Å². The fraction of sp³-hybridized carbons (Fsp3) is 0.286. The number of carboxylic acid groups (broad SMARTS) is 1. The van der Waals surface area contributed by atoms with Gasteiger partial charge in [0.1, 0.15) is 0 Å². The van der Waals surface area contributed by atoms with Crippen molar-refractivity contribution in [3.05, 3.63) is 52.0 Å². The van der Waals surface area contributed by atoms with Gasteiger partial charge in [-0.2, -0.15) is 0 Å². The van der Waals surface area contributed by atoms with Gasteiger partial charge >= 0.3 is 5.97 Å². The molecule has 0 spiro atoms. The number of hydrogen-bond donors (Lipinski definition) is 1. The van der Waals surface area contributed by atoms with E-state index in [2.05, 4.69) is 4.98 Å². The first-order valence-corrected chi connectivity index (χ1v) is 6.71. The molecule has 3 nitrogen and oxygen atoms in total. The van der Waals surface area contributed by atoms with Gasteiger partial charge in [-0.3, -0.25) is 4.79 Å². The molecule has 0 fully saturated rings. The summed E-state index contributed by atoms with van der Waals surface area (Å²) in [6.45, 7) is 1.92. The summed E-state index contributed by atoms with van der Waals surface area (Å²) >= 11 is 1.53. The number of aliphatic carboxylic acids is 1. The fourth-order valence-corrected chi connectivity index (χ4v) is 2.71. The molecular weight excluding hydrogens is 246 g/mol. The van der Waals surface area contributed by atoms with Gasteiger partial charge in [-0.15, -0.1) is 11.3 Å². The number of benzene rings is 1. The minimum atomic E-state index is -0.758. The van der Waals surface area contributed by atoms with Crippen LogP contribution in [0, 0.1) is 12.8 Å². The molecule has 0 aliphatic heterocycles. The summed E-state index contributed by atoms with van der Waals surface area (Å²) in [5.74, 6) is -1.16. The van der Waals surface area contributed by atoms with Crippen LogP contribution in [0.1, 0.15) is 16.3 Å².